The van der Waals surface area contributed by atoms with Gasteiger partial charge in [-0.05, 0) is 33.1 Å². The minimum Gasteiger partial charge on any atom is -0.507 e. The van der Waals surface area contributed by atoms with Crippen LogP contribution in [0.2, 0.25) is 0 Å². The van der Waals surface area contributed by atoms with Crippen LogP contribution in [0.15, 0.2) is 36.4 Å². The van der Waals surface area contributed by atoms with Gasteiger partial charge in [0.25, 0.3) is 5.69 Å². The number of methoxy groups -OCH3 is 1. The molecule has 3 N–H and O–H groups in total. The Bertz CT molecular complexity index is 934. The number of rotatable bonds is 5. The van der Waals surface area contributed by atoms with E-state index in [1.807, 2.05) is 53.7 Å². The van der Waals surface area contributed by atoms with Crippen molar-refractivity contribution in [2.75, 3.05) is 7.11 Å². The van der Waals surface area contributed by atoms with E-state index in [4.69, 9.17) is 10.5 Å². The smallest absolute Gasteiger partial charge is 0.323 e. The lowest BCUT2D eigenvalue weighted by Gasteiger charge is -2.31. The van der Waals surface area contributed by atoms with Gasteiger partial charge in [-0.1, -0.05) is 65.8 Å². The summed E-state index contributed by atoms with van der Waals surface area (Å²) in [5.74, 6) is -0.986. The lowest BCUT2D eigenvalue weighted by Crippen LogP contribution is -2.38. The molecule has 0 spiro atoms. The average Bonchev–Trinajstić information content (AvgIpc) is 2.66. The third kappa shape index (κ3) is 5.22. The van der Waals surface area contributed by atoms with E-state index in [-0.39, 0.29) is 22.3 Å². The van der Waals surface area contributed by atoms with E-state index in [0.717, 1.165) is 16.7 Å². The van der Waals surface area contributed by atoms with Crippen molar-refractivity contribution in [3.05, 3.63) is 68.8 Å². The van der Waals surface area contributed by atoms with Gasteiger partial charge < -0.3 is 15.6 Å². The number of phenolic OH excluding ortho intramolecular Hbond substituents is 1. The average molecular weight is 429 g/mol. The molecule has 31 heavy (non-hydrogen) atoms. The normalized spacial score (nSPS) is 14.1. The van der Waals surface area contributed by atoms with Crippen LogP contribution < -0.4 is 5.73 Å². The summed E-state index contributed by atoms with van der Waals surface area (Å²) < 4.78 is 4.90. The monoisotopic (exact) mass is 428 g/mol. The lowest BCUT2D eigenvalue weighted by atomic mass is 9.75. The summed E-state index contributed by atoms with van der Waals surface area (Å²) in [4.78, 5) is 23.0. The molecule has 0 amide bonds. The van der Waals surface area contributed by atoms with Crippen molar-refractivity contribution < 1.29 is 19.6 Å². The Morgan fingerprint density at radius 2 is 1.45 bits per heavy atom. The topological polar surface area (TPSA) is 116 Å². The summed E-state index contributed by atoms with van der Waals surface area (Å²) in [5.41, 5.74) is 8.39. The first kappa shape index (κ1) is 24.3. The molecule has 2 aromatic rings. The lowest BCUT2D eigenvalue weighted by molar-refractivity contribution is -0.384. The van der Waals surface area contributed by atoms with Gasteiger partial charge in [0.1, 0.15) is 11.8 Å². The minimum atomic E-state index is -1.03. The zero-order valence-corrected chi connectivity index (χ0v) is 19.2. The van der Waals surface area contributed by atoms with Crippen molar-refractivity contribution in [1.82, 2.24) is 0 Å². The molecule has 7 nitrogen and oxygen atoms in total. The van der Waals surface area contributed by atoms with Crippen LogP contribution in [-0.2, 0) is 20.4 Å². The van der Waals surface area contributed by atoms with Gasteiger partial charge >= 0.3 is 5.97 Å². The molecule has 0 bridgehead atoms. The molecule has 0 aliphatic carbocycles. The van der Waals surface area contributed by atoms with Gasteiger partial charge in [0.15, 0.2) is 0 Å². The van der Waals surface area contributed by atoms with Crippen LogP contribution in [0.25, 0.3) is 0 Å². The first-order valence-electron chi connectivity index (χ1n) is 10.1. The molecule has 168 valence electrons. The minimum absolute atomic E-state index is 0.0504. The van der Waals surface area contributed by atoms with Crippen LogP contribution in [0.1, 0.15) is 69.7 Å². The number of phenols is 1. The maximum absolute atomic E-state index is 12.4. The largest absolute Gasteiger partial charge is 0.507 e. The fourth-order valence-electron chi connectivity index (χ4n) is 3.66. The summed E-state index contributed by atoms with van der Waals surface area (Å²) in [6, 6.07) is 8.68. The number of hydrogen-bond donors (Lipinski definition) is 2. The number of benzene rings is 2. The van der Waals surface area contributed by atoms with Gasteiger partial charge in [0.05, 0.1) is 12.0 Å². The van der Waals surface area contributed by atoms with Crippen LogP contribution in [0, 0.1) is 10.1 Å². The molecule has 0 heterocycles. The number of aromatic hydroxyl groups is 1. The molecule has 0 aromatic heterocycles. The molecule has 2 atom stereocenters. The SMILES string of the molecule is COC(=O)[C@@H](N)[C@@H](c1ccc([N+](=O)[O-])cc1)c1cc(C(C)(C)C)c(O)c(C(C)(C)C)c1. The highest BCUT2D eigenvalue weighted by Gasteiger charge is 2.33. The summed E-state index contributed by atoms with van der Waals surface area (Å²) >= 11 is 0. The first-order chi connectivity index (χ1) is 14.2. The molecule has 7 heteroatoms. The van der Waals surface area contributed by atoms with E-state index in [1.165, 1.54) is 19.2 Å². The predicted octanol–water partition coefficient (Wildman–Crippen LogP) is 4.53. The summed E-state index contributed by atoms with van der Waals surface area (Å²) in [7, 11) is 1.27. The van der Waals surface area contributed by atoms with Crippen molar-refractivity contribution in [2.24, 2.45) is 5.73 Å². The second kappa shape index (κ2) is 8.67. The fourth-order valence-corrected chi connectivity index (χ4v) is 3.66. The number of nitrogens with zero attached hydrogens (tertiary/aromatic N) is 1. The van der Waals surface area contributed by atoms with Crippen LogP contribution in [0.3, 0.4) is 0 Å². The Hall–Kier alpha value is -2.93. The van der Waals surface area contributed by atoms with Gasteiger partial charge in [-0.2, -0.15) is 0 Å². The number of hydrogen-bond acceptors (Lipinski definition) is 6. The third-order valence-electron chi connectivity index (χ3n) is 5.40. The van der Waals surface area contributed by atoms with Crippen LogP contribution in [0.5, 0.6) is 5.75 Å². The van der Waals surface area contributed by atoms with E-state index >= 15 is 0 Å². The Kier molecular flexibility index (Phi) is 6.81. The van der Waals surface area contributed by atoms with E-state index in [0.29, 0.717) is 5.56 Å². The van der Waals surface area contributed by atoms with Crippen LogP contribution >= 0.6 is 0 Å². The summed E-state index contributed by atoms with van der Waals surface area (Å²) in [5, 5.41) is 22.1. The van der Waals surface area contributed by atoms with E-state index in [1.54, 1.807) is 12.1 Å². The summed E-state index contributed by atoms with van der Waals surface area (Å²) in [6.45, 7) is 12.0. The number of carbonyl (C=O) groups is 1. The van der Waals surface area contributed by atoms with Crippen molar-refractivity contribution in [1.29, 1.82) is 0 Å². The Balaban J connectivity index is 2.81. The number of carbonyl (C=O) groups excluding carboxylic acids is 1. The second-order valence-electron chi connectivity index (χ2n) is 9.84. The van der Waals surface area contributed by atoms with Crippen molar-refractivity contribution in [3.8, 4) is 5.75 Å². The standard InChI is InChI=1S/C24H32N2O5/c1-23(2,3)17-12-15(13-18(21(17)27)24(4,5)6)19(20(25)22(28)31-7)14-8-10-16(11-9-14)26(29)30/h8-13,19-20,27H,25H2,1-7H3/t19-,20-/m0/s1. The van der Waals surface area contributed by atoms with E-state index in [9.17, 15) is 20.0 Å². The molecule has 0 aliphatic heterocycles. The van der Waals surface area contributed by atoms with Crippen molar-refractivity contribution >= 4 is 11.7 Å². The van der Waals surface area contributed by atoms with Gasteiger partial charge in [-0.3, -0.25) is 14.9 Å². The highest BCUT2D eigenvalue weighted by atomic mass is 16.6. The number of nitro groups is 1. The van der Waals surface area contributed by atoms with Crippen LogP contribution in [-0.4, -0.2) is 29.2 Å². The Morgan fingerprint density at radius 3 is 1.81 bits per heavy atom. The fraction of sp³-hybridized carbons (Fsp3) is 0.458. The van der Waals surface area contributed by atoms with Gasteiger partial charge in [-0.15, -0.1) is 0 Å². The molecule has 0 radical (unpaired) electrons. The highest BCUT2D eigenvalue weighted by Crippen LogP contribution is 2.42. The van der Waals surface area contributed by atoms with E-state index < -0.39 is 22.9 Å². The first-order valence-corrected chi connectivity index (χ1v) is 10.1. The number of non-ortho nitro benzene ring substituents is 1. The molecule has 2 rings (SSSR count). The van der Waals surface area contributed by atoms with Crippen molar-refractivity contribution in [2.45, 2.75) is 64.3 Å². The number of nitrogens with two attached hydrogens (primary N) is 1. The molecule has 0 aliphatic rings. The number of nitro benzene ring substituents is 1. The molecule has 0 unspecified atom stereocenters. The Labute approximate surface area is 183 Å². The Morgan fingerprint density at radius 1 is 1.00 bits per heavy atom. The highest BCUT2D eigenvalue weighted by molar-refractivity contribution is 5.78. The summed E-state index contributed by atoms with van der Waals surface area (Å²) in [6.07, 6.45) is 0. The van der Waals surface area contributed by atoms with E-state index in [2.05, 4.69) is 0 Å². The molecular formula is C24H32N2O5. The zero-order valence-electron chi connectivity index (χ0n) is 19.2. The third-order valence-corrected chi connectivity index (χ3v) is 5.40. The second-order valence-corrected chi connectivity index (χ2v) is 9.84. The molecule has 0 fully saturated rings. The maximum atomic E-state index is 12.4. The quantitative estimate of drug-likeness (QED) is 0.411. The van der Waals surface area contributed by atoms with Gasteiger partial charge in [0, 0.05) is 18.1 Å². The number of ether oxygens (including phenoxy) is 1. The molecule has 0 saturated carbocycles. The molecule has 2 aromatic carbocycles. The maximum Gasteiger partial charge on any atom is 0.323 e. The van der Waals surface area contributed by atoms with Gasteiger partial charge in [0.2, 0.25) is 0 Å². The van der Waals surface area contributed by atoms with Crippen molar-refractivity contribution in [3.63, 3.8) is 0 Å². The molecular weight excluding hydrogens is 396 g/mol. The van der Waals surface area contributed by atoms with Gasteiger partial charge in [-0.25, -0.2) is 0 Å². The zero-order chi connectivity index (χ0) is 23.7. The predicted molar refractivity (Wildman–Crippen MR) is 120 cm³/mol. The molecule has 0 saturated heterocycles. The number of esters is 1. The van der Waals surface area contributed by atoms with Crippen LogP contribution in [0.4, 0.5) is 5.69 Å².